The SMILES string of the molecule is C=CC(=O)Oc1c(C(C)CC)cc([N+](=O)[O-])cc1[N+](=O)[O-]. The largest absolute Gasteiger partial charge is 0.416 e. The lowest BCUT2D eigenvalue weighted by molar-refractivity contribution is -0.394. The number of non-ortho nitro benzene ring substituents is 1. The van der Waals surface area contributed by atoms with E-state index in [2.05, 4.69) is 6.58 Å². The number of ether oxygens (including phenoxy) is 1. The number of rotatable bonds is 6. The highest BCUT2D eigenvalue weighted by Crippen LogP contribution is 2.40. The van der Waals surface area contributed by atoms with Crippen molar-refractivity contribution in [2.45, 2.75) is 26.2 Å². The average molecular weight is 294 g/mol. The first kappa shape index (κ1) is 16.3. The fourth-order valence-corrected chi connectivity index (χ4v) is 1.70. The third-order valence-electron chi connectivity index (χ3n) is 3.00. The Balaban J connectivity index is 3.61. The van der Waals surface area contributed by atoms with Gasteiger partial charge in [-0.3, -0.25) is 20.2 Å². The molecule has 0 fully saturated rings. The zero-order chi connectivity index (χ0) is 16.2. The molecule has 8 heteroatoms. The molecule has 0 saturated heterocycles. The molecule has 0 aliphatic rings. The van der Waals surface area contributed by atoms with Crippen molar-refractivity contribution < 1.29 is 19.4 Å². The number of nitrogens with zero attached hydrogens (tertiary/aromatic N) is 2. The minimum Gasteiger partial charge on any atom is -0.416 e. The maximum absolute atomic E-state index is 11.3. The first-order chi connectivity index (χ1) is 9.81. The third-order valence-corrected chi connectivity index (χ3v) is 3.00. The topological polar surface area (TPSA) is 113 Å². The fraction of sp³-hybridized carbons (Fsp3) is 0.308. The van der Waals surface area contributed by atoms with Crippen molar-refractivity contribution in [2.24, 2.45) is 0 Å². The number of esters is 1. The molecular formula is C13H14N2O6. The highest BCUT2D eigenvalue weighted by Gasteiger charge is 2.28. The second-order valence-corrected chi connectivity index (χ2v) is 4.33. The minimum absolute atomic E-state index is 0.244. The van der Waals surface area contributed by atoms with E-state index in [0.29, 0.717) is 6.42 Å². The summed E-state index contributed by atoms with van der Waals surface area (Å²) >= 11 is 0. The molecule has 1 unspecified atom stereocenters. The summed E-state index contributed by atoms with van der Waals surface area (Å²) in [6.45, 7) is 6.76. The van der Waals surface area contributed by atoms with Crippen molar-refractivity contribution in [1.82, 2.24) is 0 Å². The number of benzene rings is 1. The van der Waals surface area contributed by atoms with E-state index >= 15 is 0 Å². The quantitative estimate of drug-likeness (QED) is 0.262. The minimum atomic E-state index is -0.864. The van der Waals surface area contributed by atoms with Gasteiger partial charge in [0.15, 0.2) is 0 Å². The van der Waals surface area contributed by atoms with Crippen LogP contribution in [0.15, 0.2) is 24.8 Å². The monoisotopic (exact) mass is 294 g/mol. The molecule has 21 heavy (non-hydrogen) atoms. The number of nitro benzene ring substituents is 2. The lowest BCUT2D eigenvalue weighted by Gasteiger charge is -2.14. The Kier molecular flexibility index (Phi) is 5.12. The molecule has 1 rings (SSSR count). The predicted molar refractivity (Wildman–Crippen MR) is 74.3 cm³/mol. The number of hydrogen-bond donors (Lipinski definition) is 0. The second-order valence-electron chi connectivity index (χ2n) is 4.33. The van der Waals surface area contributed by atoms with E-state index < -0.39 is 27.2 Å². The van der Waals surface area contributed by atoms with Crippen LogP contribution in [0.25, 0.3) is 0 Å². The lowest BCUT2D eigenvalue weighted by Crippen LogP contribution is -2.10. The molecule has 0 N–H and O–H groups in total. The zero-order valence-electron chi connectivity index (χ0n) is 11.6. The molecule has 0 bridgehead atoms. The van der Waals surface area contributed by atoms with Gasteiger partial charge in [0.25, 0.3) is 5.69 Å². The van der Waals surface area contributed by atoms with Crippen molar-refractivity contribution in [3.8, 4) is 5.75 Å². The zero-order valence-corrected chi connectivity index (χ0v) is 11.6. The van der Waals surface area contributed by atoms with Gasteiger partial charge in [-0.25, -0.2) is 4.79 Å². The lowest BCUT2D eigenvalue weighted by atomic mass is 9.96. The van der Waals surface area contributed by atoms with Crippen LogP contribution in [0.2, 0.25) is 0 Å². The molecular weight excluding hydrogens is 280 g/mol. The molecule has 8 nitrogen and oxygen atoms in total. The maximum Gasteiger partial charge on any atom is 0.335 e. The van der Waals surface area contributed by atoms with Gasteiger partial charge in [0, 0.05) is 17.7 Å². The van der Waals surface area contributed by atoms with Crippen LogP contribution in [-0.2, 0) is 4.79 Å². The molecule has 0 aliphatic heterocycles. The summed E-state index contributed by atoms with van der Waals surface area (Å²) in [6.07, 6.45) is 1.43. The highest BCUT2D eigenvalue weighted by atomic mass is 16.6. The summed E-state index contributed by atoms with van der Waals surface area (Å²) in [5.74, 6) is -1.39. The Bertz CT molecular complexity index is 611. The van der Waals surface area contributed by atoms with Gasteiger partial charge in [-0.15, -0.1) is 0 Å². The van der Waals surface area contributed by atoms with Crippen LogP contribution in [0.3, 0.4) is 0 Å². The normalized spacial score (nSPS) is 11.5. The number of carbonyl (C=O) groups excluding carboxylic acids is 1. The van der Waals surface area contributed by atoms with Crippen LogP contribution in [-0.4, -0.2) is 15.8 Å². The molecule has 0 aromatic heterocycles. The van der Waals surface area contributed by atoms with Crippen molar-refractivity contribution >= 4 is 17.3 Å². The van der Waals surface area contributed by atoms with Crippen molar-refractivity contribution in [1.29, 1.82) is 0 Å². The van der Waals surface area contributed by atoms with Crippen LogP contribution in [0.1, 0.15) is 31.7 Å². The van der Waals surface area contributed by atoms with Crippen LogP contribution < -0.4 is 4.74 Å². The standard InChI is InChI=1S/C13H14N2O6/c1-4-8(3)10-6-9(14(17)18)7-11(15(19)20)13(10)21-12(16)5-2/h5-8H,2,4H2,1,3H3. The smallest absolute Gasteiger partial charge is 0.335 e. The number of carbonyl (C=O) groups is 1. The van der Waals surface area contributed by atoms with Crippen molar-refractivity contribution in [3.05, 3.63) is 50.6 Å². The molecule has 1 atom stereocenters. The van der Waals surface area contributed by atoms with Crippen LogP contribution in [0, 0.1) is 20.2 Å². The van der Waals surface area contributed by atoms with E-state index in [0.717, 1.165) is 12.1 Å². The molecule has 0 amide bonds. The molecule has 0 radical (unpaired) electrons. The van der Waals surface area contributed by atoms with E-state index in [9.17, 15) is 25.0 Å². The van der Waals surface area contributed by atoms with Gasteiger partial charge in [-0.2, -0.15) is 0 Å². The Morgan fingerprint density at radius 2 is 2.00 bits per heavy atom. The van der Waals surface area contributed by atoms with E-state index in [-0.39, 0.29) is 17.2 Å². The summed E-state index contributed by atoms with van der Waals surface area (Å²) in [5.41, 5.74) is -0.793. The Morgan fingerprint density at radius 1 is 1.38 bits per heavy atom. The molecule has 0 spiro atoms. The first-order valence-corrected chi connectivity index (χ1v) is 6.12. The molecule has 1 aromatic rings. The molecule has 112 valence electrons. The summed E-state index contributed by atoms with van der Waals surface area (Å²) in [4.78, 5) is 31.8. The van der Waals surface area contributed by atoms with Gasteiger partial charge in [0.05, 0.1) is 15.9 Å². The molecule has 0 aliphatic carbocycles. The first-order valence-electron chi connectivity index (χ1n) is 6.12. The summed E-state index contributed by atoms with van der Waals surface area (Å²) in [7, 11) is 0. The summed E-state index contributed by atoms with van der Waals surface area (Å²) in [5, 5.41) is 22.0. The molecule has 0 heterocycles. The third kappa shape index (κ3) is 3.62. The Hall–Kier alpha value is -2.77. The van der Waals surface area contributed by atoms with E-state index in [4.69, 9.17) is 4.74 Å². The second kappa shape index (κ2) is 6.60. The van der Waals surface area contributed by atoms with E-state index in [1.54, 1.807) is 6.92 Å². The van der Waals surface area contributed by atoms with Gasteiger partial charge in [-0.1, -0.05) is 20.4 Å². The molecule has 1 aromatic carbocycles. The fourth-order valence-electron chi connectivity index (χ4n) is 1.70. The van der Waals surface area contributed by atoms with Gasteiger partial charge in [0.2, 0.25) is 5.75 Å². The number of hydrogen-bond acceptors (Lipinski definition) is 6. The van der Waals surface area contributed by atoms with E-state index in [1.807, 2.05) is 6.92 Å². The highest BCUT2D eigenvalue weighted by molar-refractivity contribution is 5.84. The van der Waals surface area contributed by atoms with Gasteiger partial charge < -0.3 is 4.74 Å². The number of nitro groups is 2. The summed E-state index contributed by atoms with van der Waals surface area (Å²) < 4.78 is 4.92. The van der Waals surface area contributed by atoms with Crippen LogP contribution in [0.4, 0.5) is 11.4 Å². The average Bonchev–Trinajstić information content (AvgIpc) is 2.45. The van der Waals surface area contributed by atoms with Crippen LogP contribution >= 0.6 is 0 Å². The molecule has 0 saturated carbocycles. The van der Waals surface area contributed by atoms with Gasteiger partial charge in [0.1, 0.15) is 0 Å². The van der Waals surface area contributed by atoms with Crippen molar-refractivity contribution in [3.63, 3.8) is 0 Å². The Labute approximate surface area is 120 Å². The van der Waals surface area contributed by atoms with Crippen LogP contribution in [0.5, 0.6) is 5.75 Å². The maximum atomic E-state index is 11.3. The van der Waals surface area contributed by atoms with Gasteiger partial charge >= 0.3 is 11.7 Å². The van der Waals surface area contributed by atoms with Crippen molar-refractivity contribution in [2.75, 3.05) is 0 Å². The van der Waals surface area contributed by atoms with Gasteiger partial charge in [-0.05, 0) is 12.3 Å². The summed E-state index contributed by atoms with van der Waals surface area (Å²) in [6, 6.07) is 1.96. The van der Waals surface area contributed by atoms with E-state index in [1.165, 1.54) is 6.07 Å². The predicted octanol–water partition coefficient (Wildman–Crippen LogP) is 3.11. The Morgan fingerprint density at radius 3 is 2.43 bits per heavy atom.